The van der Waals surface area contributed by atoms with Crippen LogP contribution in [0.15, 0.2) is 77.2 Å². The van der Waals surface area contributed by atoms with E-state index in [0.717, 1.165) is 10.5 Å². The van der Waals surface area contributed by atoms with Crippen LogP contribution in [0.3, 0.4) is 0 Å². The molecule has 0 amide bonds. The predicted molar refractivity (Wildman–Crippen MR) is 128 cm³/mol. The fourth-order valence-corrected chi connectivity index (χ4v) is 4.52. The molecule has 0 saturated carbocycles. The van der Waals surface area contributed by atoms with Crippen LogP contribution in [-0.2, 0) is 10.0 Å². The Morgan fingerprint density at radius 2 is 1.91 bits per heavy atom. The smallest absolute Gasteiger partial charge is 0.281 e. The van der Waals surface area contributed by atoms with Gasteiger partial charge in [0.2, 0.25) is 0 Å². The van der Waals surface area contributed by atoms with Crippen molar-refractivity contribution in [1.29, 1.82) is 5.26 Å². The molecule has 0 aliphatic carbocycles. The molecule has 0 aliphatic heterocycles. The molecule has 4 aromatic rings. The number of non-ortho nitro benzene ring substituents is 1. The van der Waals surface area contributed by atoms with Crippen molar-refractivity contribution in [1.82, 2.24) is 19.0 Å². The summed E-state index contributed by atoms with van der Waals surface area (Å²) in [5, 5.41) is 28.7. The molecule has 0 N–H and O–H groups in total. The highest BCUT2D eigenvalue weighted by Gasteiger charge is 2.28. The summed E-state index contributed by atoms with van der Waals surface area (Å²) in [7, 11) is -1.43. The van der Waals surface area contributed by atoms with Crippen molar-refractivity contribution < 1.29 is 13.3 Å². The monoisotopic (exact) mass is 490 g/mol. The van der Waals surface area contributed by atoms with Crippen LogP contribution >= 0.6 is 0 Å². The van der Waals surface area contributed by atoms with Crippen molar-refractivity contribution in [2.75, 3.05) is 19.0 Å². The van der Waals surface area contributed by atoms with Gasteiger partial charge in [-0.3, -0.25) is 15.1 Å². The first-order valence-corrected chi connectivity index (χ1v) is 11.5. The van der Waals surface area contributed by atoms with Crippen molar-refractivity contribution in [3.63, 3.8) is 0 Å². The first-order chi connectivity index (χ1) is 16.7. The van der Waals surface area contributed by atoms with Crippen molar-refractivity contribution in [3.8, 4) is 6.07 Å². The maximum Gasteiger partial charge on any atom is 0.281 e. The Hall–Kier alpha value is -4.83. The molecule has 0 aliphatic rings. The van der Waals surface area contributed by atoms with E-state index in [2.05, 4.69) is 15.2 Å². The minimum atomic E-state index is -4.30. The Balaban J connectivity index is 1.75. The van der Waals surface area contributed by atoms with Gasteiger partial charge >= 0.3 is 0 Å². The molecule has 3 heterocycles. The Kier molecular flexibility index (Phi) is 6.13. The molecule has 0 spiro atoms. The number of nitrogens with zero attached hydrogens (tertiary/aromatic N) is 8. The third-order valence-electron chi connectivity index (χ3n) is 5.23. The van der Waals surface area contributed by atoms with Crippen LogP contribution in [0.5, 0.6) is 0 Å². The molecular formula is C22H18N8O4S. The third kappa shape index (κ3) is 4.50. The molecule has 35 heavy (non-hydrogen) atoms. The van der Waals surface area contributed by atoms with E-state index in [0.29, 0.717) is 22.3 Å². The van der Waals surface area contributed by atoms with Gasteiger partial charge in [0.1, 0.15) is 4.90 Å². The van der Waals surface area contributed by atoms with Crippen LogP contribution < -0.4 is 4.90 Å². The summed E-state index contributed by atoms with van der Waals surface area (Å²) in [5.41, 5.74) is 1.94. The van der Waals surface area contributed by atoms with E-state index in [1.807, 2.05) is 6.07 Å². The Morgan fingerprint density at radius 3 is 2.60 bits per heavy atom. The van der Waals surface area contributed by atoms with E-state index >= 15 is 0 Å². The standard InChI is InChI=1S/C22H18N8O4S/c1-27(18-5-8-24-9-6-18)20-4-3-19(30(31)32)12-22(20)35(33,34)28(2)25-14-17-15-26-29-10-7-16(13-23)11-21(17)29/h3-12,14-15H,1-2H3. The zero-order valence-electron chi connectivity index (χ0n) is 18.5. The molecule has 3 aromatic heterocycles. The number of sulfonamides is 1. The maximum absolute atomic E-state index is 13.5. The molecule has 13 heteroatoms. The van der Waals surface area contributed by atoms with Crippen LogP contribution in [0.25, 0.3) is 5.52 Å². The molecule has 176 valence electrons. The lowest BCUT2D eigenvalue weighted by Gasteiger charge is -2.23. The van der Waals surface area contributed by atoms with Gasteiger partial charge in [-0.05, 0) is 30.3 Å². The number of nitro groups is 1. The first-order valence-electron chi connectivity index (χ1n) is 10.0. The van der Waals surface area contributed by atoms with Crippen LogP contribution in [-0.4, -0.2) is 52.7 Å². The van der Waals surface area contributed by atoms with E-state index < -0.39 is 14.9 Å². The summed E-state index contributed by atoms with van der Waals surface area (Å²) in [5.74, 6) is 0. The average molecular weight is 491 g/mol. The maximum atomic E-state index is 13.5. The van der Waals surface area contributed by atoms with Gasteiger partial charge in [-0.1, -0.05) is 0 Å². The number of anilines is 2. The fraction of sp³-hybridized carbons (Fsp3) is 0.0909. The Morgan fingerprint density at radius 1 is 1.17 bits per heavy atom. The number of benzene rings is 1. The molecule has 0 radical (unpaired) electrons. The number of hydrogen-bond donors (Lipinski definition) is 0. The second-order valence-corrected chi connectivity index (χ2v) is 9.23. The Bertz CT molecular complexity index is 1590. The van der Waals surface area contributed by atoms with Crippen molar-refractivity contribution in [2.24, 2.45) is 5.10 Å². The molecule has 0 atom stereocenters. The zero-order valence-corrected chi connectivity index (χ0v) is 19.4. The highest BCUT2D eigenvalue weighted by Crippen LogP contribution is 2.34. The average Bonchev–Trinajstić information content (AvgIpc) is 3.28. The summed E-state index contributed by atoms with van der Waals surface area (Å²) in [6, 6.07) is 12.2. The number of nitriles is 1. The minimum Gasteiger partial charge on any atom is -0.343 e. The van der Waals surface area contributed by atoms with Gasteiger partial charge in [0, 0.05) is 56.1 Å². The second-order valence-electron chi connectivity index (χ2n) is 7.31. The summed E-state index contributed by atoms with van der Waals surface area (Å²) in [4.78, 5) is 16.0. The number of aromatic nitrogens is 3. The summed E-state index contributed by atoms with van der Waals surface area (Å²) < 4.78 is 29.2. The number of fused-ring (bicyclic) bond motifs is 1. The molecule has 0 unspecified atom stereocenters. The van der Waals surface area contributed by atoms with E-state index in [1.54, 1.807) is 54.8 Å². The lowest BCUT2D eigenvalue weighted by Crippen LogP contribution is -2.24. The van der Waals surface area contributed by atoms with Crippen LogP contribution in [0.4, 0.5) is 17.1 Å². The van der Waals surface area contributed by atoms with Gasteiger partial charge in [0.05, 0.1) is 40.2 Å². The van der Waals surface area contributed by atoms with E-state index in [-0.39, 0.29) is 16.3 Å². The quantitative estimate of drug-likeness (QED) is 0.218. The Labute approximate surface area is 200 Å². The van der Waals surface area contributed by atoms with E-state index in [4.69, 9.17) is 5.26 Å². The van der Waals surface area contributed by atoms with Crippen LogP contribution in [0.2, 0.25) is 0 Å². The first kappa shape index (κ1) is 23.3. The summed E-state index contributed by atoms with van der Waals surface area (Å²) >= 11 is 0. The van der Waals surface area contributed by atoms with Crippen molar-refractivity contribution in [3.05, 3.63) is 88.5 Å². The largest absolute Gasteiger partial charge is 0.343 e. The topological polar surface area (TPSA) is 150 Å². The van der Waals surface area contributed by atoms with Gasteiger partial charge in [0.25, 0.3) is 15.7 Å². The number of hydrogen-bond acceptors (Lipinski definition) is 9. The van der Waals surface area contributed by atoms with Gasteiger partial charge < -0.3 is 4.90 Å². The fourth-order valence-electron chi connectivity index (χ4n) is 3.32. The predicted octanol–water partition coefficient (Wildman–Crippen LogP) is 2.93. The zero-order chi connectivity index (χ0) is 25.2. The van der Waals surface area contributed by atoms with E-state index in [9.17, 15) is 18.5 Å². The summed E-state index contributed by atoms with van der Waals surface area (Å²) in [6.07, 6.45) is 7.49. The number of pyridine rings is 2. The highest BCUT2D eigenvalue weighted by atomic mass is 32.2. The van der Waals surface area contributed by atoms with Crippen LogP contribution in [0, 0.1) is 21.4 Å². The molecular weight excluding hydrogens is 472 g/mol. The highest BCUT2D eigenvalue weighted by molar-refractivity contribution is 7.89. The minimum absolute atomic E-state index is 0.221. The second kappa shape index (κ2) is 9.20. The number of hydrazone groups is 1. The van der Waals surface area contributed by atoms with Crippen molar-refractivity contribution in [2.45, 2.75) is 4.90 Å². The van der Waals surface area contributed by atoms with Gasteiger partial charge in [0.15, 0.2) is 0 Å². The van der Waals surface area contributed by atoms with Gasteiger partial charge in [-0.25, -0.2) is 4.52 Å². The lowest BCUT2D eigenvalue weighted by molar-refractivity contribution is -0.385. The van der Waals surface area contributed by atoms with Crippen molar-refractivity contribution >= 4 is 38.8 Å². The van der Waals surface area contributed by atoms with E-state index in [1.165, 1.54) is 36.1 Å². The molecule has 12 nitrogen and oxygen atoms in total. The third-order valence-corrected chi connectivity index (χ3v) is 6.90. The molecule has 0 bridgehead atoms. The number of nitro benzene ring substituents is 1. The molecule has 4 rings (SSSR count). The molecule has 1 aromatic carbocycles. The summed E-state index contributed by atoms with van der Waals surface area (Å²) in [6.45, 7) is 0. The lowest BCUT2D eigenvalue weighted by atomic mass is 10.2. The molecule has 0 fully saturated rings. The normalized spacial score (nSPS) is 11.5. The van der Waals surface area contributed by atoms with Gasteiger partial charge in [-0.15, -0.1) is 0 Å². The van der Waals surface area contributed by atoms with Gasteiger partial charge in [-0.2, -0.15) is 28.3 Å². The van der Waals surface area contributed by atoms with Crippen LogP contribution in [0.1, 0.15) is 11.1 Å². The molecule has 0 saturated heterocycles. The SMILES string of the molecule is CN(c1ccncc1)c1ccc([N+](=O)[O-])cc1S(=O)(=O)N(C)N=Cc1cnn2ccc(C#N)cc12. The number of rotatable bonds is 7.